The van der Waals surface area contributed by atoms with Crippen LogP contribution >= 0.6 is 0 Å². The highest BCUT2D eigenvalue weighted by molar-refractivity contribution is 5.37. The normalized spacial score (nSPS) is 10.6. The number of aryl methyl sites for hydroxylation is 3. The van der Waals surface area contributed by atoms with Gasteiger partial charge in [-0.25, -0.2) is 9.37 Å². The molecule has 0 bridgehead atoms. The molecular formula is C15H18FN3O. The Bertz CT molecular complexity index is 656. The minimum atomic E-state index is -0.175. The average molecular weight is 275 g/mol. The Labute approximate surface area is 117 Å². The first kappa shape index (κ1) is 14.2. The van der Waals surface area contributed by atoms with Crippen molar-refractivity contribution in [3.8, 4) is 0 Å². The number of benzene rings is 1. The highest BCUT2D eigenvalue weighted by Crippen LogP contribution is 2.15. The summed E-state index contributed by atoms with van der Waals surface area (Å²) >= 11 is 0. The largest absolute Gasteiger partial charge is 0.366 e. The summed E-state index contributed by atoms with van der Waals surface area (Å²) in [4.78, 5) is 18.4. The Hall–Kier alpha value is -2.17. The molecular weight excluding hydrogens is 257 g/mol. The Morgan fingerprint density at radius 1 is 1.25 bits per heavy atom. The third kappa shape index (κ3) is 3.23. The third-order valence-corrected chi connectivity index (χ3v) is 3.10. The van der Waals surface area contributed by atoms with Gasteiger partial charge in [0.25, 0.3) is 5.56 Å². The second kappa shape index (κ2) is 5.86. The van der Waals surface area contributed by atoms with E-state index in [2.05, 4.69) is 15.3 Å². The van der Waals surface area contributed by atoms with E-state index in [0.29, 0.717) is 35.7 Å². The molecule has 0 aliphatic carbocycles. The van der Waals surface area contributed by atoms with Crippen molar-refractivity contribution in [1.82, 2.24) is 9.97 Å². The molecule has 1 aromatic heterocycles. The second-order valence-electron chi connectivity index (χ2n) is 4.83. The van der Waals surface area contributed by atoms with Crippen LogP contribution in [0.4, 0.5) is 10.2 Å². The molecule has 2 N–H and O–H groups in total. The molecule has 106 valence electrons. The van der Waals surface area contributed by atoms with Gasteiger partial charge in [0.15, 0.2) is 0 Å². The number of anilines is 1. The summed E-state index contributed by atoms with van der Waals surface area (Å²) in [5, 5.41) is 3.10. The SMILES string of the molecule is CCc1nc(NCc2cc(C)c(F)c(C)c2)cc(=O)[nH]1. The van der Waals surface area contributed by atoms with Crippen molar-refractivity contribution < 1.29 is 4.39 Å². The summed E-state index contributed by atoms with van der Waals surface area (Å²) in [5.74, 6) is 1.01. The van der Waals surface area contributed by atoms with Gasteiger partial charge in [-0.1, -0.05) is 19.1 Å². The van der Waals surface area contributed by atoms with E-state index in [1.165, 1.54) is 6.07 Å². The molecule has 2 rings (SSSR count). The molecule has 4 nitrogen and oxygen atoms in total. The molecule has 1 heterocycles. The van der Waals surface area contributed by atoms with E-state index in [1.54, 1.807) is 26.0 Å². The fraction of sp³-hybridized carbons (Fsp3) is 0.333. The standard InChI is InChI=1S/C15H18FN3O/c1-4-12-18-13(7-14(20)19-12)17-8-11-5-9(2)15(16)10(3)6-11/h5-7H,4,8H2,1-3H3,(H2,17,18,19,20). The quantitative estimate of drug-likeness (QED) is 0.902. The minimum Gasteiger partial charge on any atom is -0.366 e. The van der Waals surface area contributed by atoms with Crippen LogP contribution in [0.15, 0.2) is 23.0 Å². The molecule has 0 saturated carbocycles. The van der Waals surface area contributed by atoms with Crippen molar-refractivity contribution in [2.24, 2.45) is 0 Å². The van der Waals surface area contributed by atoms with Crippen LogP contribution in [-0.2, 0) is 13.0 Å². The van der Waals surface area contributed by atoms with E-state index < -0.39 is 0 Å². The van der Waals surface area contributed by atoms with Gasteiger partial charge in [0, 0.05) is 19.0 Å². The van der Waals surface area contributed by atoms with Gasteiger partial charge >= 0.3 is 0 Å². The maximum atomic E-state index is 13.5. The monoisotopic (exact) mass is 275 g/mol. The topological polar surface area (TPSA) is 57.8 Å². The second-order valence-corrected chi connectivity index (χ2v) is 4.83. The van der Waals surface area contributed by atoms with Gasteiger partial charge in [-0.05, 0) is 30.5 Å². The van der Waals surface area contributed by atoms with Crippen molar-refractivity contribution in [1.29, 1.82) is 0 Å². The molecule has 0 aliphatic heterocycles. The highest BCUT2D eigenvalue weighted by Gasteiger charge is 2.05. The lowest BCUT2D eigenvalue weighted by atomic mass is 10.1. The molecule has 0 radical (unpaired) electrons. The number of hydrogen-bond donors (Lipinski definition) is 2. The van der Waals surface area contributed by atoms with Gasteiger partial charge in [-0.3, -0.25) is 4.79 Å². The van der Waals surface area contributed by atoms with Gasteiger partial charge in [-0.15, -0.1) is 0 Å². The number of nitrogens with zero attached hydrogens (tertiary/aromatic N) is 1. The summed E-state index contributed by atoms with van der Waals surface area (Å²) < 4.78 is 13.5. The zero-order valence-electron chi connectivity index (χ0n) is 11.9. The highest BCUT2D eigenvalue weighted by atomic mass is 19.1. The molecule has 0 spiro atoms. The Morgan fingerprint density at radius 3 is 2.50 bits per heavy atom. The van der Waals surface area contributed by atoms with Gasteiger partial charge in [0.05, 0.1) is 0 Å². The zero-order valence-corrected chi connectivity index (χ0v) is 11.9. The number of halogens is 1. The van der Waals surface area contributed by atoms with Crippen LogP contribution in [0.3, 0.4) is 0 Å². The molecule has 1 aromatic carbocycles. The predicted molar refractivity (Wildman–Crippen MR) is 77.4 cm³/mol. The summed E-state index contributed by atoms with van der Waals surface area (Å²) in [6, 6.07) is 5.01. The molecule has 0 aliphatic rings. The summed E-state index contributed by atoms with van der Waals surface area (Å²) in [5.41, 5.74) is 2.03. The minimum absolute atomic E-state index is 0.170. The number of rotatable bonds is 4. The van der Waals surface area contributed by atoms with Crippen LogP contribution in [0, 0.1) is 19.7 Å². The maximum Gasteiger partial charge on any atom is 0.252 e. The van der Waals surface area contributed by atoms with Gasteiger partial charge < -0.3 is 10.3 Å². The van der Waals surface area contributed by atoms with Crippen LogP contribution < -0.4 is 10.9 Å². The average Bonchev–Trinajstić information content (AvgIpc) is 2.41. The van der Waals surface area contributed by atoms with Crippen LogP contribution in [0.25, 0.3) is 0 Å². The number of H-pyrrole nitrogens is 1. The number of nitrogens with one attached hydrogen (secondary N) is 2. The van der Waals surface area contributed by atoms with Crippen LogP contribution in [-0.4, -0.2) is 9.97 Å². The first-order chi connectivity index (χ1) is 9.49. The summed E-state index contributed by atoms with van der Waals surface area (Å²) in [7, 11) is 0. The Morgan fingerprint density at radius 2 is 1.90 bits per heavy atom. The molecule has 5 heteroatoms. The fourth-order valence-corrected chi connectivity index (χ4v) is 2.10. The zero-order chi connectivity index (χ0) is 14.7. The van der Waals surface area contributed by atoms with E-state index in [9.17, 15) is 9.18 Å². The summed E-state index contributed by atoms with van der Waals surface area (Å²) in [6.45, 7) is 5.91. The van der Waals surface area contributed by atoms with E-state index in [4.69, 9.17) is 0 Å². The lowest BCUT2D eigenvalue weighted by Gasteiger charge is -2.09. The first-order valence-electron chi connectivity index (χ1n) is 6.59. The Balaban J connectivity index is 2.16. The molecule has 0 saturated heterocycles. The molecule has 0 amide bonds. The van der Waals surface area contributed by atoms with Crippen LogP contribution in [0.5, 0.6) is 0 Å². The van der Waals surface area contributed by atoms with E-state index in [-0.39, 0.29) is 11.4 Å². The third-order valence-electron chi connectivity index (χ3n) is 3.10. The molecule has 0 atom stereocenters. The van der Waals surface area contributed by atoms with Gasteiger partial charge in [-0.2, -0.15) is 0 Å². The van der Waals surface area contributed by atoms with Gasteiger partial charge in [0.2, 0.25) is 0 Å². The van der Waals surface area contributed by atoms with E-state index in [1.807, 2.05) is 6.92 Å². The molecule has 0 unspecified atom stereocenters. The lowest BCUT2D eigenvalue weighted by Crippen LogP contribution is -2.13. The van der Waals surface area contributed by atoms with Crippen molar-refractivity contribution >= 4 is 5.82 Å². The van der Waals surface area contributed by atoms with Gasteiger partial charge in [0.1, 0.15) is 17.5 Å². The predicted octanol–water partition coefficient (Wildman–Crippen LogP) is 2.70. The smallest absolute Gasteiger partial charge is 0.252 e. The number of aromatic nitrogens is 2. The fourth-order valence-electron chi connectivity index (χ4n) is 2.10. The van der Waals surface area contributed by atoms with Crippen molar-refractivity contribution in [3.05, 3.63) is 56.9 Å². The van der Waals surface area contributed by atoms with E-state index >= 15 is 0 Å². The number of aromatic amines is 1. The number of hydrogen-bond acceptors (Lipinski definition) is 3. The first-order valence-corrected chi connectivity index (χ1v) is 6.59. The van der Waals surface area contributed by atoms with Crippen molar-refractivity contribution in [2.45, 2.75) is 33.7 Å². The van der Waals surface area contributed by atoms with Crippen molar-refractivity contribution in [3.63, 3.8) is 0 Å². The van der Waals surface area contributed by atoms with E-state index in [0.717, 1.165) is 5.56 Å². The molecule has 20 heavy (non-hydrogen) atoms. The molecule has 2 aromatic rings. The summed E-state index contributed by atoms with van der Waals surface area (Å²) in [6.07, 6.45) is 0.666. The molecule has 0 fully saturated rings. The van der Waals surface area contributed by atoms with Crippen molar-refractivity contribution in [2.75, 3.05) is 5.32 Å². The van der Waals surface area contributed by atoms with Crippen LogP contribution in [0.1, 0.15) is 29.4 Å². The van der Waals surface area contributed by atoms with Crippen LogP contribution in [0.2, 0.25) is 0 Å². The Kier molecular flexibility index (Phi) is 4.17. The maximum absolute atomic E-state index is 13.5. The lowest BCUT2D eigenvalue weighted by molar-refractivity contribution is 0.608.